The molecule has 1 fully saturated rings. The second-order valence-corrected chi connectivity index (χ2v) is 11.9. The van der Waals surface area contributed by atoms with Crippen molar-refractivity contribution in [2.75, 3.05) is 23.8 Å². The zero-order valence-electron chi connectivity index (χ0n) is 26.3. The van der Waals surface area contributed by atoms with Crippen molar-refractivity contribution in [1.82, 2.24) is 34.7 Å². The summed E-state index contributed by atoms with van der Waals surface area (Å²) in [5.74, 6) is 1.52. The fourth-order valence-electron chi connectivity index (χ4n) is 6.12. The van der Waals surface area contributed by atoms with Crippen LogP contribution in [0.2, 0.25) is 0 Å². The smallest absolute Gasteiger partial charge is 0.227 e. The molecule has 7 rings (SSSR count). The first-order valence-corrected chi connectivity index (χ1v) is 15.9. The number of imidazole rings is 1. The molecular formula is C35H37N9O4. The summed E-state index contributed by atoms with van der Waals surface area (Å²) >= 11 is 0. The number of fused-ring (bicyclic) bond motifs is 1. The van der Waals surface area contributed by atoms with Gasteiger partial charge in [-0.05, 0) is 30.0 Å². The lowest BCUT2D eigenvalue weighted by atomic mass is 9.91. The van der Waals surface area contributed by atoms with Gasteiger partial charge in [0.05, 0.1) is 19.0 Å². The number of benzene rings is 3. The van der Waals surface area contributed by atoms with Crippen LogP contribution in [-0.2, 0) is 11.2 Å². The van der Waals surface area contributed by atoms with E-state index < -0.39 is 24.5 Å². The van der Waals surface area contributed by atoms with E-state index >= 15 is 0 Å². The second-order valence-electron chi connectivity index (χ2n) is 11.9. The predicted octanol–water partition coefficient (Wildman–Crippen LogP) is 3.50. The molecule has 0 bridgehead atoms. The number of nitrogens with one attached hydrogen (secondary N) is 3. The van der Waals surface area contributed by atoms with Gasteiger partial charge < -0.3 is 30.7 Å². The van der Waals surface area contributed by atoms with Crippen molar-refractivity contribution >= 4 is 22.9 Å². The van der Waals surface area contributed by atoms with E-state index in [9.17, 15) is 15.3 Å². The van der Waals surface area contributed by atoms with Crippen LogP contribution in [0, 0.1) is 6.92 Å². The summed E-state index contributed by atoms with van der Waals surface area (Å²) in [6.07, 6.45) is -2.56. The molecule has 3 aromatic heterocycles. The van der Waals surface area contributed by atoms with Crippen LogP contribution in [0.15, 0.2) is 97.3 Å². The Kier molecular flexibility index (Phi) is 9.07. The van der Waals surface area contributed by atoms with Crippen molar-refractivity contribution in [3.05, 3.63) is 126 Å². The van der Waals surface area contributed by atoms with E-state index in [4.69, 9.17) is 14.7 Å². The maximum Gasteiger partial charge on any atom is 0.227 e. The van der Waals surface area contributed by atoms with E-state index in [2.05, 4.69) is 55.1 Å². The Hall–Kier alpha value is -5.21. The van der Waals surface area contributed by atoms with Gasteiger partial charge in [0, 0.05) is 12.5 Å². The highest BCUT2D eigenvalue weighted by atomic mass is 16.6. The molecule has 5 atom stereocenters. The van der Waals surface area contributed by atoms with Crippen LogP contribution in [0.3, 0.4) is 0 Å². The number of nitrogens with zero attached hydrogens (tertiary/aromatic N) is 6. The van der Waals surface area contributed by atoms with Crippen LogP contribution in [0.5, 0.6) is 0 Å². The van der Waals surface area contributed by atoms with E-state index in [0.717, 1.165) is 16.7 Å². The number of aryl methyl sites for hydroxylation is 1. The van der Waals surface area contributed by atoms with Gasteiger partial charge in [-0.1, -0.05) is 91.0 Å². The third-order valence-corrected chi connectivity index (χ3v) is 8.56. The summed E-state index contributed by atoms with van der Waals surface area (Å²) in [6.45, 7) is 2.08. The average molecular weight is 648 g/mol. The fourth-order valence-corrected chi connectivity index (χ4v) is 6.12. The predicted molar refractivity (Wildman–Crippen MR) is 179 cm³/mol. The summed E-state index contributed by atoms with van der Waals surface area (Å²) in [4.78, 5) is 18.6. The van der Waals surface area contributed by atoms with Crippen molar-refractivity contribution in [2.45, 2.75) is 49.8 Å². The molecule has 6 N–H and O–H groups in total. The highest BCUT2D eigenvalue weighted by Crippen LogP contribution is 2.39. The number of aliphatic hydroxyl groups excluding tert-OH is 3. The monoisotopic (exact) mass is 647 g/mol. The maximum atomic E-state index is 11.1. The minimum atomic E-state index is -1.32. The summed E-state index contributed by atoms with van der Waals surface area (Å²) in [5.41, 5.74) is 4.14. The van der Waals surface area contributed by atoms with Gasteiger partial charge in [-0.25, -0.2) is 9.97 Å². The number of aromatic amines is 1. The Balaban J connectivity index is 1.25. The van der Waals surface area contributed by atoms with E-state index in [1.165, 1.54) is 6.33 Å². The zero-order valence-corrected chi connectivity index (χ0v) is 26.3. The highest BCUT2D eigenvalue weighted by molar-refractivity contribution is 5.84. The van der Waals surface area contributed by atoms with Gasteiger partial charge >= 0.3 is 0 Å². The molecule has 1 aliphatic rings. The minimum absolute atomic E-state index is 0.000110. The molecule has 13 heteroatoms. The molecule has 48 heavy (non-hydrogen) atoms. The molecule has 1 aliphatic heterocycles. The van der Waals surface area contributed by atoms with Crippen LogP contribution >= 0.6 is 0 Å². The van der Waals surface area contributed by atoms with Crippen molar-refractivity contribution in [2.24, 2.45) is 0 Å². The number of aliphatic hydroxyl groups is 3. The van der Waals surface area contributed by atoms with Gasteiger partial charge in [0.25, 0.3) is 0 Å². The average Bonchev–Trinajstić information content (AvgIpc) is 3.83. The first-order valence-electron chi connectivity index (χ1n) is 15.9. The number of rotatable bonds is 12. The topological polar surface area (TPSA) is 179 Å². The molecule has 246 valence electrons. The third kappa shape index (κ3) is 6.49. The van der Waals surface area contributed by atoms with Gasteiger partial charge in [-0.15, -0.1) is 0 Å². The number of aromatic nitrogens is 7. The van der Waals surface area contributed by atoms with E-state index in [0.29, 0.717) is 35.8 Å². The first kappa shape index (κ1) is 31.4. The van der Waals surface area contributed by atoms with Crippen molar-refractivity contribution < 1.29 is 20.1 Å². The first-order chi connectivity index (χ1) is 23.5. The summed E-state index contributed by atoms with van der Waals surface area (Å²) in [7, 11) is 0. The lowest BCUT2D eigenvalue weighted by molar-refractivity contribution is -0.0382. The van der Waals surface area contributed by atoms with Crippen LogP contribution in [0.25, 0.3) is 11.2 Å². The van der Waals surface area contributed by atoms with E-state index in [-0.39, 0.29) is 30.3 Å². The van der Waals surface area contributed by atoms with Gasteiger partial charge in [0.1, 0.15) is 18.0 Å². The normalized spacial score (nSPS) is 19.9. The molecule has 0 spiro atoms. The van der Waals surface area contributed by atoms with Crippen LogP contribution in [-0.4, -0.2) is 81.4 Å². The fraction of sp³-hybridized carbons (Fsp3) is 0.286. The van der Waals surface area contributed by atoms with Gasteiger partial charge in [0.15, 0.2) is 35.1 Å². The number of anilines is 2. The highest BCUT2D eigenvalue weighted by Gasteiger charge is 2.47. The SMILES string of the molecule is Cc1nc([C@H]2O[C@@H](n3cnc4c(NCC(c5ccccc5)c5ccccc5)nc(N[C@H](CO)Cc5ccccc5)nc43)[C@H](O)[C@@H]2O)n[nH]1. The number of ether oxygens (including phenoxy) is 1. The lowest BCUT2D eigenvalue weighted by Crippen LogP contribution is -2.29. The Bertz CT molecular complexity index is 1900. The van der Waals surface area contributed by atoms with Crippen molar-refractivity contribution in [3.63, 3.8) is 0 Å². The summed E-state index contributed by atoms with van der Waals surface area (Å²) < 4.78 is 7.73. The maximum absolute atomic E-state index is 11.1. The van der Waals surface area contributed by atoms with E-state index in [1.807, 2.05) is 66.7 Å². The Morgan fingerprint density at radius 3 is 2.17 bits per heavy atom. The van der Waals surface area contributed by atoms with Crippen LogP contribution < -0.4 is 10.6 Å². The molecule has 6 aromatic rings. The molecule has 13 nitrogen and oxygen atoms in total. The molecule has 0 radical (unpaired) electrons. The number of hydrogen-bond acceptors (Lipinski definition) is 11. The lowest BCUT2D eigenvalue weighted by Gasteiger charge is -2.21. The van der Waals surface area contributed by atoms with Crippen LogP contribution in [0.1, 0.15) is 46.6 Å². The summed E-state index contributed by atoms with van der Waals surface area (Å²) in [6, 6.07) is 29.9. The zero-order chi connectivity index (χ0) is 33.0. The third-order valence-electron chi connectivity index (χ3n) is 8.56. The van der Waals surface area contributed by atoms with Crippen LogP contribution in [0.4, 0.5) is 11.8 Å². The second kappa shape index (κ2) is 13.9. The molecule has 1 saturated heterocycles. The Morgan fingerprint density at radius 2 is 1.54 bits per heavy atom. The van der Waals surface area contributed by atoms with Gasteiger partial charge in [-0.2, -0.15) is 15.1 Å². The molecule has 4 heterocycles. The number of H-pyrrole nitrogens is 1. The largest absolute Gasteiger partial charge is 0.394 e. The summed E-state index contributed by atoms with van der Waals surface area (Å²) in [5, 5.41) is 46.1. The Labute approximate surface area is 276 Å². The van der Waals surface area contributed by atoms with Gasteiger partial charge in [0.2, 0.25) is 5.95 Å². The number of hydrogen-bond donors (Lipinski definition) is 6. The van der Waals surface area contributed by atoms with Crippen molar-refractivity contribution in [1.29, 1.82) is 0 Å². The molecule has 0 amide bonds. The molecular weight excluding hydrogens is 610 g/mol. The Morgan fingerprint density at radius 1 is 0.875 bits per heavy atom. The quantitative estimate of drug-likeness (QED) is 0.115. The van der Waals surface area contributed by atoms with E-state index in [1.54, 1.807) is 11.5 Å². The molecule has 3 aromatic carbocycles. The van der Waals surface area contributed by atoms with Crippen molar-refractivity contribution in [3.8, 4) is 0 Å². The van der Waals surface area contributed by atoms with Gasteiger partial charge in [-0.3, -0.25) is 9.67 Å². The molecule has 0 unspecified atom stereocenters. The minimum Gasteiger partial charge on any atom is -0.394 e. The molecule has 0 aliphatic carbocycles. The standard InChI is InChI=1S/C35H37N9O4/c1-21-38-32(43-42-21)30-28(46)29(47)34(48-30)44-20-37-27-31(36-18-26(23-13-7-3-8-14-23)24-15-9-4-10-16-24)40-35(41-33(27)44)39-25(19-45)17-22-11-5-2-6-12-22/h2-16,20,25-26,28-30,34,45-47H,17-19H2,1H3,(H,38,42,43)(H2,36,39,40,41)/t25-,28-,29+,30-,34+/m0/s1. The molecule has 0 saturated carbocycles.